The molecule has 0 amide bonds. The van der Waals surface area contributed by atoms with Gasteiger partial charge in [0.25, 0.3) is 0 Å². The zero-order valence-electron chi connectivity index (χ0n) is 12.2. The summed E-state index contributed by atoms with van der Waals surface area (Å²) in [5, 5.41) is 7.21. The van der Waals surface area contributed by atoms with E-state index in [1.54, 1.807) is 0 Å². The van der Waals surface area contributed by atoms with Crippen LogP contribution in [0, 0.1) is 12.3 Å². The van der Waals surface area contributed by atoms with Gasteiger partial charge in [-0.1, -0.05) is 12.8 Å². The zero-order valence-corrected chi connectivity index (χ0v) is 13.0. The van der Waals surface area contributed by atoms with E-state index in [-0.39, 0.29) is 5.54 Å². The summed E-state index contributed by atoms with van der Waals surface area (Å²) in [6, 6.07) is 0. The van der Waals surface area contributed by atoms with Gasteiger partial charge in [0.05, 0.1) is 5.01 Å². The largest absolute Gasteiger partial charge is 0.312 e. The van der Waals surface area contributed by atoms with Crippen LogP contribution in [0.5, 0.6) is 0 Å². The number of hydrogen-bond acceptors (Lipinski definition) is 3. The molecule has 1 aliphatic rings. The molecule has 102 valence electrons. The lowest BCUT2D eigenvalue weighted by Gasteiger charge is -2.33. The second-order valence-corrected chi connectivity index (χ2v) is 7.81. The van der Waals surface area contributed by atoms with Gasteiger partial charge in [-0.2, -0.15) is 0 Å². The van der Waals surface area contributed by atoms with Crippen LogP contribution in [-0.4, -0.2) is 17.1 Å². The summed E-state index contributed by atoms with van der Waals surface area (Å²) in [4.78, 5) is 4.65. The highest BCUT2D eigenvalue weighted by Crippen LogP contribution is 2.41. The fraction of sp³-hybridized carbons (Fsp3) is 0.800. The Balaban J connectivity index is 2.02. The predicted molar refractivity (Wildman–Crippen MR) is 79.2 cm³/mol. The number of aromatic nitrogens is 1. The molecule has 1 aromatic rings. The first kappa shape index (κ1) is 14.0. The van der Waals surface area contributed by atoms with E-state index in [2.05, 4.69) is 43.4 Å². The highest BCUT2D eigenvalue weighted by Gasteiger charge is 2.35. The standard InChI is InChI=1S/C15H26N2S/c1-12-10-18-13(17-12)9-15(7-5-6-8-15)11-16-14(2,3)4/h10,16H,5-9,11H2,1-4H3. The van der Waals surface area contributed by atoms with Crippen molar-refractivity contribution in [2.24, 2.45) is 5.41 Å². The molecule has 0 saturated heterocycles. The van der Waals surface area contributed by atoms with E-state index >= 15 is 0 Å². The molecule has 1 saturated carbocycles. The number of hydrogen-bond donors (Lipinski definition) is 1. The highest BCUT2D eigenvalue weighted by atomic mass is 32.1. The van der Waals surface area contributed by atoms with Crippen LogP contribution in [0.3, 0.4) is 0 Å². The van der Waals surface area contributed by atoms with Crippen molar-refractivity contribution < 1.29 is 0 Å². The van der Waals surface area contributed by atoms with E-state index in [1.807, 2.05) is 11.3 Å². The Kier molecular flexibility index (Phi) is 4.12. The SMILES string of the molecule is Cc1csc(CC2(CNC(C)(C)C)CCCC2)n1. The van der Waals surface area contributed by atoms with Crippen LogP contribution >= 0.6 is 11.3 Å². The van der Waals surface area contributed by atoms with Gasteiger partial charge in [0.1, 0.15) is 0 Å². The summed E-state index contributed by atoms with van der Waals surface area (Å²) < 4.78 is 0. The first-order valence-corrected chi connectivity index (χ1v) is 7.93. The molecule has 1 fully saturated rings. The fourth-order valence-electron chi connectivity index (χ4n) is 2.80. The van der Waals surface area contributed by atoms with Gasteiger partial charge < -0.3 is 5.32 Å². The number of nitrogens with one attached hydrogen (secondary N) is 1. The van der Waals surface area contributed by atoms with Gasteiger partial charge in [0.2, 0.25) is 0 Å². The molecule has 0 atom stereocenters. The third kappa shape index (κ3) is 3.79. The van der Waals surface area contributed by atoms with E-state index in [4.69, 9.17) is 0 Å². The molecule has 3 heteroatoms. The topological polar surface area (TPSA) is 24.9 Å². The Morgan fingerprint density at radius 3 is 2.50 bits per heavy atom. The minimum atomic E-state index is 0.217. The van der Waals surface area contributed by atoms with E-state index in [0.717, 1.165) is 13.0 Å². The second-order valence-electron chi connectivity index (χ2n) is 6.87. The van der Waals surface area contributed by atoms with Crippen LogP contribution in [0.1, 0.15) is 57.2 Å². The Labute approximate surface area is 115 Å². The van der Waals surface area contributed by atoms with Crippen molar-refractivity contribution in [1.82, 2.24) is 10.3 Å². The van der Waals surface area contributed by atoms with Gasteiger partial charge in [-0.3, -0.25) is 0 Å². The van der Waals surface area contributed by atoms with Crippen LogP contribution in [0.4, 0.5) is 0 Å². The van der Waals surface area contributed by atoms with E-state index < -0.39 is 0 Å². The van der Waals surface area contributed by atoms with Crippen molar-refractivity contribution in [3.8, 4) is 0 Å². The lowest BCUT2D eigenvalue weighted by molar-refractivity contribution is 0.244. The summed E-state index contributed by atoms with van der Waals surface area (Å²) in [6.45, 7) is 9.99. The molecule has 0 spiro atoms. The molecule has 0 aromatic carbocycles. The molecule has 2 rings (SSSR count). The molecule has 1 N–H and O–H groups in total. The predicted octanol–water partition coefficient (Wildman–Crippen LogP) is 3.94. The van der Waals surface area contributed by atoms with Crippen LogP contribution < -0.4 is 5.32 Å². The van der Waals surface area contributed by atoms with Crippen molar-refractivity contribution in [2.45, 2.75) is 65.3 Å². The average molecular weight is 266 g/mol. The fourth-order valence-corrected chi connectivity index (χ4v) is 3.74. The molecule has 0 radical (unpaired) electrons. The van der Waals surface area contributed by atoms with Crippen LogP contribution in [0.2, 0.25) is 0 Å². The lowest BCUT2D eigenvalue weighted by Crippen LogP contribution is -2.43. The smallest absolute Gasteiger partial charge is 0.0934 e. The number of aryl methyl sites for hydroxylation is 1. The van der Waals surface area contributed by atoms with Crippen molar-refractivity contribution in [3.63, 3.8) is 0 Å². The summed E-state index contributed by atoms with van der Waals surface area (Å²) in [5.41, 5.74) is 1.85. The zero-order chi connectivity index (χ0) is 13.2. The molecular weight excluding hydrogens is 240 g/mol. The summed E-state index contributed by atoms with van der Waals surface area (Å²) in [5.74, 6) is 0. The minimum absolute atomic E-state index is 0.217. The summed E-state index contributed by atoms with van der Waals surface area (Å²) in [6.07, 6.45) is 6.64. The Hall–Kier alpha value is -0.410. The van der Waals surface area contributed by atoms with E-state index in [1.165, 1.54) is 36.4 Å². The Morgan fingerprint density at radius 1 is 1.33 bits per heavy atom. The van der Waals surface area contributed by atoms with Gasteiger partial charge in [-0.15, -0.1) is 11.3 Å². The Morgan fingerprint density at radius 2 is 2.00 bits per heavy atom. The normalized spacial score (nSPS) is 19.3. The van der Waals surface area contributed by atoms with Crippen molar-refractivity contribution in [3.05, 3.63) is 16.1 Å². The number of thiazole rings is 1. The third-order valence-corrected chi connectivity index (χ3v) is 4.82. The van der Waals surface area contributed by atoms with Crippen LogP contribution in [-0.2, 0) is 6.42 Å². The summed E-state index contributed by atoms with van der Waals surface area (Å²) >= 11 is 1.83. The Bertz CT molecular complexity index is 383. The van der Waals surface area contributed by atoms with Gasteiger partial charge in [-0.25, -0.2) is 4.98 Å². The lowest BCUT2D eigenvalue weighted by atomic mass is 9.82. The summed E-state index contributed by atoms with van der Waals surface area (Å²) in [7, 11) is 0. The quantitative estimate of drug-likeness (QED) is 0.893. The molecule has 2 nitrogen and oxygen atoms in total. The van der Waals surface area contributed by atoms with Gasteiger partial charge in [0.15, 0.2) is 0 Å². The van der Waals surface area contributed by atoms with Crippen LogP contribution in [0.25, 0.3) is 0 Å². The highest BCUT2D eigenvalue weighted by molar-refractivity contribution is 7.09. The van der Waals surface area contributed by atoms with Crippen molar-refractivity contribution >= 4 is 11.3 Å². The third-order valence-electron chi connectivity index (χ3n) is 3.85. The molecule has 1 aromatic heterocycles. The van der Waals surface area contributed by atoms with Crippen molar-refractivity contribution in [1.29, 1.82) is 0 Å². The maximum Gasteiger partial charge on any atom is 0.0934 e. The van der Waals surface area contributed by atoms with Gasteiger partial charge >= 0.3 is 0 Å². The monoisotopic (exact) mass is 266 g/mol. The molecule has 0 unspecified atom stereocenters. The first-order valence-electron chi connectivity index (χ1n) is 7.05. The molecule has 18 heavy (non-hydrogen) atoms. The first-order chi connectivity index (χ1) is 8.39. The average Bonchev–Trinajstić information content (AvgIpc) is 2.86. The number of rotatable bonds is 4. The molecule has 0 aliphatic heterocycles. The maximum absolute atomic E-state index is 4.65. The van der Waals surface area contributed by atoms with Gasteiger partial charge in [-0.05, 0) is 46.0 Å². The number of nitrogens with zero attached hydrogens (tertiary/aromatic N) is 1. The second kappa shape index (κ2) is 5.30. The van der Waals surface area contributed by atoms with Gasteiger partial charge in [0, 0.05) is 29.6 Å². The molecule has 1 heterocycles. The minimum Gasteiger partial charge on any atom is -0.312 e. The maximum atomic E-state index is 4.65. The van der Waals surface area contributed by atoms with Crippen molar-refractivity contribution in [2.75, 3.05) is 6.54 Å². The van der Waals surface area contributed by atoms with Crippen LogP contribution in [0.15, 0.2) is 5.38 Å². The van der Waals surface area contributed by atoms with E-state index in [9.17, 15) is 0 Å². The molecule has 1 aliphatic carbocycles. The molecule has 0 bridgehead atoms. The van der Waals surface area contributed by atoms with E-state index in [0.29, 0.717) is 5.41 Å². The molecular formula is C15H26N2S.